The predicted molar refractivity (Wildman–Crippen MR) is 77.2 cm³/mol. The third kappa shape index (κ3) is 4.94. The number of carbonyl (C=O) groups is 2. The first-order valence-electron chi connectivity index (χ1n) is 7.18. The van der Waals surface area contributed by atoms with Crippen LogP contribution in [0.4, 0.5) is 28.2 Å². The molecule has 1 fully saturated rings. The molecule has 0 radical (unpaired) electrons. The van der Waals surface area contributed by atoms with E-state index in [9.17, 15) is 27.2 Å². The van der Waals surface area contributed by atoms with E-state index >= 15 is 0 Å². The van der Waals surface area contributed by atoms with Gasteiger partial charge in [-0.2, -0.15) is 18.2 Å². The zero-order chi connectivity index (χ0) is 18.8. The Balaban J connectivity index is 2.10. The van der Waals surface area contributed by atoms with Gasteiger partial charge in [0.05, 0.1) is 6.54 Å². The number of aryl methyl sites for hydroxylation is 1. The molecule has 7 nitrogen and oxygen atoms in total. The van der Waals surface area contributed by atoms with E-state index in [1.165, 1.54) is 19.1 Å². The minimum Gasteiger partial charge on any atom is -0.468 e. The van der Waals surface area contributed by atoms with Crippen molar-refractivity contribution in [2.45, 2.75) is 31.7 Å². The van der Waals surface area contributed by atoms with Gasteiger partial charge < -0.3 is 15.2 Å². The highest BCUT2D eigenvalue weighted by Gasteiger charge is 2.40. The fourth-order valence-corrected chi connectivity index (χ4v) is 2.32. The van der Waals surface area contributed by atoms with Crippen molar-refractivity contribution < 1.29 is 37.0 Å². The maximum absolute atomic E-state index is 13.4. The van der Waals surface area contributed by atoms with Crippen LogP contribution in [0.25, 0.3) is 0 Å². The van der Waals surface area contributed by atoms with Crippen molar-refractivity contribution in [3.05, 3.63) is 17.7 Å². The number of halogens is 4. The van der Waals surface area contributed by atoms with Crippen LogP contribution in [0, 0.1) is 6.92 Å². The number of rotatable bonds is 4. The number of hydrogen-bond acceptors (Lipinski definition) is 4. The van der Waals surface area contributed by atoms with Crippen molar-refractivity contribution in [1.29, 1.82) is 0 Å². The summed E-state index contributed by atoms with van der Waals surface area (Å²) >= 11 is 0. The van der Waals surface area contributed by atoms with Crippen LogP contribution < -0.4 is 10.1 Å². The molecule has 1 aliphatic heterocycles. The highest BCUT2D eigenvalue weighted by atomic mass is 19.4. The van der Waals surface area contributed by atoms with Gasteiger partial charge in [-0.15, -0.1) is 0 Å². The molecule has 0 unspecified atom stereocenters. The van der Waals surface area contributed by atoms with Gasteiger partial charge in [-0.05, 0) is 12.5 Å². The van der Waals surface area contributed by atoms with E-state index in [2.05, 4.69) is 15.0 Å². The van der Waals surface area contributed by atoms with Crippen molar-refractivity contribution in [2.75, 3.05) is 18.5 Å². The van der Waals surface area contributed by atoms with Crippen LogP contribution in [-0.4, -0.2) is 58.5 Å². The second-order valence-electron chi connectivity index (χ2n) is 5.49. The number of anilines is 1. The molecule has 2 amide bonds. The summed E-state index contributed by atoms with van der Waals surface area (Å²) < 4.78 is 54.4. The average molecular weight is 365 g/mol. The Morgan fingerprint density at radius 3 is 2.72 bits per heavy atom. The minimum absolute atomic E-state index is 0.0858. The van der Waals surface area contributed by atoms with E-state index in [1.807, 2.05) is 0 Å². The Morgan fingerprint density at radius 2 is 2.12 bits per heavy atom. The number of alkyl halides is 4. The summed E-state index contributed by atoms with van der Waals surface area (Å²) in [6.07, 6.45) is -7.76. The number of carboxylic acid groups (broad SMARTS) is 1. The number of likely N-dealkylation sites (tertiary alicyclic amines) is 1. The van der Waals surface area contributed by atoms with Gasteiger partial charge >= 0.3 is 12.3 Å². The smallest absolute Gasteiger partial charge is 0.422 e. The fourth-order valence-electron chi connectivity index (χ4n) is 2.32. The lowest BCUT2D eigenvalue weighted by Gasteiger charge is -2.20. The maximum Gasteiger partial charge on any atom is 0.422 e. The Labute approximate surface area is 139 Å². The topological polar surface area (TPSA) is 91.8 Å². The largest absolute Gasteiger partial charge is 0.468 e. The van der Waals surface area contributed by atoms with Crippen molar-refractivity contribution in [2.24, 2.45) is 0 Å². The zero-order valence-corrected chi connectivity index (χ0v) is 13.0. The summed E-state index contributed by atoms with van der Waals surface area (Å²) in [5.74, 6) is -1.26. The van der Waals surface area contributed by atoms with Gasteiger partial charge in [-0.1, -0.05) is 6.07 Å². The summed E-state index contributed by atoms with van der Waals surface area (Å²) in [6, 6.07) is 1.34. The molecule has 25 heavy (non-hydrogen) atoms. The second kappa shape index (κ2) is 7.11. The van der Waals surface area contributed by atoms with Gasteiger partial charge in [0.1, 0.15) is 18.0 Å². The lowest BCUT2D eigenvalue weighted by molar-refractivity contribution is -0.154. The van der Waals surface area contributed by atoms with Crippen LogP contribution >= 0.6 is 0 Å². The maximum atomic E-state index is 13.4. The summed E-state index contributed by atoms with van der Waals surface area (Å²) in [6.45, 7) is -0.429. The summed E-state index contributed by atoms with van der Waals surface area (Å²) in [5, 5.41) is 11.3. The lowest BCUT2D eigenvalue weighted by atomic mass is 10.2. The van der Waals surface area contributed by atoms with Crippen molar-refractivity contribution in [3.63, 3.8) is 0 Å². The molecule has 1 aliphatic rings. The van der Waals surface area contributed by atoms with Gasteiger partial charge in [-0.25, -0.2) is 9.18 Å². The molecule has 1 aromatic rings. The van der Waals surface area contributed by atoms with Crippen molar-refractivity contribution >= 4 is 17.8 Å². The molecular formula is C14H15F4N3O4. The number of carbonyl (C=O) groups excluding carboxylic acids is 1. The fraction of sp³-hybridized carbons (Fsp3) is 0.500. The third-order valence-corrected chi connectivity index (χ3v) is 3.50. The van der Waals surface area contributed by atoms with Gasteiger partial charge in [0, 0.05) is 12.5 Å². The molecular weight excluding hydrogens is 350 g/mol. The number of amides is 2. The van der Waals surface area contributed by atoms with Gasteiger partial charge in [0.25, 0.3) is 0 Å². The monoisotopic (exact) mass is 365 g/mol. The van der Waals surface area contributed by atoms with Crippen LogP contribution in [0.5, 0.6) is 5.88 Å². The van der Waals surface area contributed by atoms with E-state index in [1.54, 1.807) is 0 Å². The summed E-state index contributed by atoms with van der Waals surface area (Å²) in [5.41, 5.74) is 0.421. The number of nitrogens with zero attached hydrogens (tertiary/aromatic N) is 2. The first kappa shape index (κ1) is 18.7. The van der Waals surface area contributed by atoms with E-state index < -0.39 is 43.5 Å². The standard InChI is InChI=1S/C14H15F4N3O4/c1-7-2-3-10(25-6-14(16,17)18)19-11(7)20-12(22)9-4-8(15)5-21(9)13(23)24/h2-3,8-9H,4-6H2,1H3,(H,23,24)(H,19,20,22)/t8-,9+/m1/s1. The molecule has 11 heteroatoms. The lowest BCUT2D eigenvalue weighted by Crippen LogP contribution is -2.42. The Morgan fingerprint density at radius 1 is 1.44 bits per heavy atom. The summed E-state index contributed by atoms with van der Waals surface area (Å²) in [4.78, 5) is 27.7. The second-order valence-corrected chi connectivity index (χ2v) is 5.49. The molecule has 0 aliphatic carbocycles. The van der Waals surface area contributed by atoms with E-state index in [-0.39, 0.29) is 18.1 Å². The molecule has 138 valence electrons. The molecule has 0 spiro atoms. The molecule has 2 N–H and O–H groups in total. The average Bonchev–Trinajstić information content (AvgIpc) is 2.89. The molecule has 1 saturated heterocycles. The van der Waals surface area contributed by atoms with Crippen LogP contribution in [0.3, 0.4) is 0 Å². The number of hydrogen-bond donors (Lipinski definition) is 2. The Bertz CT molecular complexity index is 668. The van der Waals surface area contributed by atoms with Crippen molar-refractivity contribution in [1.82, 2.24) is 9.88 Å². The number of ether oxygens (including phenoxy) is 1. The number of aromatic nitrogens is 1. The minimum atomic E-state index is -4.54. The molecule has 1 aromatic heterocycles. The van der Waals surface area contributed by atoms with E-state index in [4.69, 9.17) is 5.11 Å². The third-order valence-electron chi connectivity index (χ3n) is 3.50. The van der Waals surface area contributed by atoms with Gasteiger partial charge in [-0.3, -0.25) is 9.69 Å². The number of nitrogens with one attached hydrogen (secondary N) is 1. The highest BCUT2D eigenvalue weighted by Crippen LogP contribution is 2.24. The Hall–Kier alpha value is -2.59. The summed E-state index contributed by atoms with van der Waals surface area (Å²) in [7, 11) is 0. The van der Waals surface area contributed by atoms with Gasteiger partial charge in [0.2, 0.25) is 11.8 Å². The van der Waals surface area contributed by atoms with Crippen LogP contribution in [-0.2, 0) is 4.79 Å². The molecule has 0 bridgehead atoms. The highest BCUT2D eigenvalue weighted by molar-refractivity contribution is 5.96. The molecule has 2 rings (SSSR count). The van der Waals surface area contributed by atoms with Crippen LogP contribution in [0.15, 0.2) is 12.1 Å². The SMILES string of the molecule is Cc1ccc(OCC(F)(F)F)nc1NC(=O)[C@@H]1C[C@@H](F)CN1C(=O)O. The first-order chi connectivity index (χ1) is 11.6. The number of pyridine rings is 1. The van der Waals surface area contributed by atoms with Gasteiger partial charge in [0.15, 0.2) is 6.61 Å². The van der Waals surface area contributed by atoms with E-state index in [0.29, 0.717) is 10.5 Å². The van der Waals surface area contributed by atoms with Crippen molar-refractivity contribution in [3.8, 4) is 5.88 Å². The normalized spacial score (nSPS) is 20.4. The van der Waals surface area contributed by atoms with Crippen LogP contribution in [0.1, 0.15) is 12.0 Å². The molecule has 0 aromatic carbocycles. The molecule has 2 heterocycles. The predicted octanol–water partition coefficient (Wildman–Crippen LogP) is 2.36. The zero-order valence-electron chi connectivity index (χ0n) is 13.0. The quantitative estimate of drug-likeness (QED) is 0.800. The molecule has 2 atom stereocenters. The molecule has 0 saturated carbocycles. The Kier molecular flexibility index (Phi) is 5.33. The van der Waals surface area contributed by atoms with Crippen LogP contribution in [0.2, 0.25) is 0 Å². The van der Waals surface area contributed by atoms with E-state index in [0.717, 1.165) is 0 Å². The first-order valence-corrected chi connectivity index (χ1v) is 7.18.